The van der Waals surface area contributed by atoms with Gasteiger partial charge in [0.15, 0.2) is 0 Å². The molecule has 1 amide bonds. The highest BCUT2D eigenvalue weighted by Crippen LogP contribution is 2.42. The lowest BCUT2D eigenvalue weighted by atomic mass is 9.94. The average molecular weight is 499 g/mol. The molecule has 0 saturated carbocycles. The maximum absolute atomic E-state index is 12.7. The normalized spacial score (nSPS) is 14.8. The predicted molar refractivity (Wildman–Crippen MR) is 149 cm³/mol. The van der Waals surface area contributed by atoms with Crippen LogP contribution in [-0.4, -0.2) is 57.3 Å². The molecule has 37 heavy (non-hydrogen) atoms. The number of carbonyl (C=O) groups is 1. The smallest absolute Gasteiger partial charge is 0.244 e. The first-order chi connectivity index (χ1) is 18.1. The van der Waals surface area contributed by atoms with Gasteiger partial charge in [0.1, 0.15) is 11.3 Å². The Hall–Kier alpha value is -3.61. The van der Waals surface area contributed by atoms with Gasteiger partial charge < -0.3 is 19.2 Å². The molecule has 3 aromatic carbocycles. The molecule has 1 aromatic heterocycles. The SMILES string of the molecule is COc1c(/C(C)=C/C(=O)NCCCN2CCOCC2)cc2c(-c3cccc4ccccc34)coc2c1C. The van der Waals surface area contributed by atoms with E-state index in [1.165, 1.54) is 10.8 Å². The lowest BCUT2D eigenvalue weighted by molar-refractivity contribution is -0.116. The number of nitrogens with one attached hydrogen (secondary N) is 1. The summed E-state index contributed by atoms with van der Waals surface area (Å²) in [6.45, 7) is 9.06. The van der Waals surface area contributed by atoms with Crippen molar-refractivity contribution in [3.8, 4) is 16.9 Å². The summed E-state index contributed by atoms with van der Waals surface area (Å²) in [5.74, 6) is 0.626. The van der Waals surface area contributed by atoms with Crippen LogP contribution in [0.15, 0.2) is 65.3 Å². The standard InChI is InChI=1S/C31H34N2O4/c1-21(18-29(34)32-12-7-13-33-14-16-36-17-15-33)26-19-27-28(20-37-31(27)22(2)30(26)35-3)25-11-6-9-23-8-4-5-10-24(23)25/h4-6,8-11,18-20H,7,12-17H2,1-3H3,(H,32,34)/b21-18+. The minimum Gasteiger partial charge on any atom is -0.496 e. The van der Waals surface area contributed by atoms with E-state index in [0.717, 1.165) is 83.8 Å². The van der Waals surface area contributed by atoms with Crippen LogP contribution in [0.1, 0.15) is 24.5 Å². The van der Waals surface area contributed by atoms with Crippen molar-refractivity contribution in [3.05, 3.63) is 72.0 Å². The van der Waals surface area contributed by atoms with Gasteiger partial charge in [0.2, 0.25) is 5.91 Å². The van der Waals surface area contributed by atoms with Gasteiger partial charge in [0, 0.05) is 47.8 Å². The maximum Gasteiger partial charge on any atom is 0.244 e. The number of fused-ring (bicyclic) bond motifs is 2. The van der Waals surface area contributed by atoms with Crippen molar-refractivity contribution in [2.75, 3.05) is 46.5 Å². The highest BCUT2D eigenvalue weighted by atomic mass is 16.5. The van der Waals surface area contributed by atoms with Crippen LogP contribution in [0, 0.1) is 6.92 Å². The van der Waals surface area contributed by atoms with Crippen LogP contribution in [0.4, 0.5) is 0 Å². The topological polar surface area (TPSA) is 63.9 Å². The number of aryl methyl sites for hydroxylation is 1. The van der Waals surface area contributed by atoms with E-state index in [-0.39, 0.29) is 5.91 Å². The summed E-state index contributed by atoms with van der Waals surface area (Å²) in [4.78, 5) is 15.1. The monoisotopic (exact) mass is 498 g/mol. The molecule has 0 aliphatic carbocycles. The van der Waals surface area contributed by atoms with E-state index in [2.05, 4.69) is 58.7 Å². The quantitative estimate of drug-likeness (QED) is 0.245. The summed E-state index contributed by atoms with van der Waals surface area (Å²) in [7, 11) is 1.66. The molecule has 1 saturated heterocycles. The molecule has 5 rings (SSSR count). The summed E-state index contributed by atoms with van der Waals surface area (Å²) >= 11 is 0. The molecule has 6 heteroatoms. The molecular weight excluding hydrogens is 464 g/mol. The molecule has 4 aromatic rings. The van der Waals surface area contributed by atoms with Gasteiger partial charge in [0.25, 0.3) is 0 Å². The van der Waals surface area contributed by atoms with Crippen LogP contribution in [0.25, 0.3) is 38.4 Å². The Labute approximate surface area is 217 Å². The number of methoxy groups -OCH3 is 1. The Kier molecular flexibility index (Phi) is 7.58. The molecular formula is C31H34N2O4. The van der Waals surface area contributed by atoms with Crippen LogP contribution in [0.5, 0.6) is 5.75 Å². The zero-order valence-corrected chi connectivity index (χ0v) is 21.8. The third-order valence-electron chi connectivity index (χ3n) is 7.15. The van der Waals surface area contributed by atoms with E-state index in [4.69, 9.17) is 13.9 Å². The third-order valence-corrected chi connectivity index (χ3v) is 7.15. The number of morpholine rings is 1. The number of benzene rings is 3. The van der Waals surface area contributed by atoms with Crippen molar-refractivity contribution in [1.29, 1.82) is 0 Å². The molecule has 0 radical (unpaired) electrons. The van der Waals surface area contributed by atoms with Crippen LogP contribution in [0.2, 0.25) is 0 Å². The van der Waals surface area contributed by atoms with Gasteiger partial charge in [-0.1, -0.05) is 42.5 Å². The van der Waals surface area contributed by atoms with Crippen molar-refractivity contribution in [2.24, 2.45) is 0 Å². The Morgan fingerprint density at radius 2 is 1.86 bits per heavy atom. The molecule has 192 valence electrons. The molecule has 0 bridgehead atoms. The summed E-state index contributed by atoms with van der Waals surface area (Å²) in [5, 5.41) is 6.39. The first kappa shape index (κ1) is 25.1. The molecule has 0 spiro atoms. The highest BCUT2D eigenvalue weighted by Gasteiger charge is 2.19. The van der Waals surface area contributed by atoms with Gasteiger partial charge in [-0.25, -0.2) is 0 Å². The van der Waals surface area contributed by atoms with E-state index < -0.39 is 0 Å². The third kappa shape index (κ3) is 5.26. The summed E-state index contributed by atoms with van der Waals surface area (Å²) in [6.07, 6.45) is 4.40. The minimum atomic E-state index is -0.0965. The van der Waals surface area contributed by atoms with Crippen molar-refractivity contribution < 1.29 is 18.7 Å². The molecule has 1 aliphatic heterocycles. The zero-order chi connectivity index (χ0) is 25.8. The summed E-state index contributed by atoms with van der Waals surface area (Å²) < 4.78 is 17.3. The second-order valence-electron chi connectivity index (χ2n) is 9.56. The van der Waals surface area contributed by atoms with E-state index in [0.29, 0.717) is 6.54 Å². The van der Waals surface area contributed by atoms with E-state index in [1.807, 2.05) is 20.1 Å². The van der Waals surface area contributed by atoms with Gasteiger partial charge in [0.05, 0.1) is 26.6 Å². The van der Waals surface area contributed by atoms with Gasteiger partial charge >= 0.3 is 0 Å². The summed E-state index contributed by atoms with van der Waals surface area (Å²) in [5.41, 5.74) is 5.59. The first-order valence-corrected chi connectivity index (χ1v) is 12.9. The van der Waals surface area contributed by atoms with Crippen molar-refractivity contribution in [3.63, 3.8) is 0 Å². The van der Waals surface area contributed by atoms with Gasteiger partial charge in [-0.3, -0.25) is 9.69 Å². The molecule has 1 fully saturated rings. The zero-order valence-electron chi connectivity index (χ0n) is 21.8. The van der Waals surface area contributed by atoms with Gasteiger partial charge in [-0.15, -0.1) is 0 Å². The molecule has 0 unspecified atom stereocenters. The summed E-state index contributed by atoms with van der Waals surface area (Å²) in [6, 6.07) is 16.8. The number of carbonyl (C=O) groups excluding carboxylic acids is 1. The highest BCUT2D eigenvalue weighted by molar-refractivity contribution is 6.07. The van der Waals surface area contributed by atoms with Crippen LogP contribution >= 0.6 is 0 Å². The number of hydrogen-bond acceptors (Lipinski definition) is 5. The largest absolute Gasteiger partial charge is 0.496 e. The molecule has 0 atom stereocenters. The van der Waals surface area contributed by atoms with Gasteiger partial charge in [-0.05, 0) is 54.8 Å². The van der Waals surface area contributed by atoms with Crippen molar-refractivity contribution >= 4 is 33.2 Å². The lowest BCUT2D eigenvalue weighted by Gasteiger charge is -2.26. The fourth-order valence-corrected chi connectivity index (χ4v) is 5.21. The van der Waals surface area contributed by atoms with Crippen LogP contribution in [0.3, 0.4) is 0 Å². The number of nitrogens with zero attached hydrogens (tertiary/aromatic N) is 1. The van der Waals surface area contributed by atoms with Crippen molar-refractivity contribution in [1.82, 2.24) is 10.2 Å². The van der Waals surface area contributed by atoms with Crippen LogP contribution < -0.4 is 10.1 Å². The lowest BCUT2D eigenvalue weighted by Crippen LogP contribution is -2.38. The number of rotatable bonds is 8. The predicted octanol–water partition coefficient (Wildman–Crippen LogP) is 5.81. The average Bonchev–Trinajstić information content (AvgIpc) is 3.35. The maximum atomic E-state index is 12.7. The minimum absolute atomic E-state index is 0.0965. The number of ether oxygens (including phenoxy) is 2. The molecule has 6 nitrogen and oxygen atoms in total. The fourth-order valence-electron chi connectivity index (χ4n) is 5.21. The van der Waals surface area contributed by atoms with Crippen molar-refractivity contribution in [2.45, 2.75) is 20.3 Å². The van der Waals surface area contributed by atoms with Crippen LogP contribution in [-0.2, 0) is 9.53 Å². The first-order valence-electron chi connectivity index (χ1n) is 12.9. The number of amides is 1. The Balaban J connectivity index is 1.41. The Morgan fingerprint density at radius 3 is 2.68 bits per heavy atom. The van der Waals surface area contributed by atoms with E-state index in [9.17, 15) is 4.79 Å². The number of allylic oxidation sites excluding steroid dienone is 1. The molecule has 1 N–H and O–H groups in total. The second kappa shape index (κ2) is 11.2. The molecule has 1 aliphatic rings. The number of furan rings is 1. The Bertz CT molecular complexity index is 1440. The van der Waals surface area contributed by atoms with E-state index >= 15 is 0 Å². The second-order valence-corrected chi connectivity index (χ2v) is 9.56. The Morgan fingerprint density at radius 1 is 1.08 bits per heavy atom. The van der Waals surface area contributed by atoms with E-state index in [1.54, 1.807) is 13.2 Å². The fraction of sp³-hybridized carbons (Fsp3) is 0.323. The molecule has 2 heterocycles. The number of hydrogen-bond donors (Lipinski definition) is 1. The van der Waals surface area contributed by atoms with Gasteiger partial charge in [-0.2, -0.15) is 0 Å².